The van der Waals surface area contributed by atoms with Crippen LogP contribution < -0.4 is 5.32 Å². The molecule has 1 aliphatic rings. The van der Waals surface area contributed by atoms with Gasteiger partial charge in [0.25, 0.3) is 5.91 Å². The molecule has 0 aliphatic carbocycles. The van der Waals surface area contributed by atoms with E-state index < -0.39 is 0 Å². The molecule has 2 heterocycles. The molecule has 1 N–H and O–H groups in total. The highest BCUT2D eigenvalue weighted by Gasteiger charge is 2.28. The number of carbonyl (C=O) groups is 1. The lowest BCUT2D eigenvalue weighted by molar-refractivity contribution is 0.0746. The SMILES string of the molecule is Cc1sc2c(c1C)C(=O)N(Cc1ccccc1)CN2. The molecule has 0 saturated carbocycles. The smallest absolute Gasteiger partial charge is 0.258 e. The van der Waals surface area contributed by atoms with Crippen molar-refractivity contribution in [1.29, 1.82) is 0 Å². The summed E-state index contributed by atoms with van der Waals surface area (Å²) in [5.41, 5.74) is 3.12. The monoisotopic (exact) mass is 272 g/mol. The van der Waals surface area contributed by atoms with Gasteiger partial charge in [-0.15, -0.1) is 11.3 Å². The lowest BCUT2D eigenvalue weighted by Gasteiger charge is -2.28. The molecule has 0 saturated heterocycles. The molecule has 19 heavy (non-hydrogen) atoms. The summed E-state index contributed by atoms with van der Waals surface area (Å²) in [6.07, 6.45) is 0. The van der Waals surface area contributed by atoms with Crippen LogP contribution >= 0.6 is 11.3 Å². The molecule has 0 radical (unpaired) electrons. The number of amides is 1. The summed E-state index contributed by atoms with van der Waals surface area (Å²) in [5.74, 6) is 0.138. The first-order valence-electron chi connectivity index (χ1n) is 6.34. The Balaban J connectivity index is 1.87. The Labute approximate surface area is 116 Å². The van der Waals surface area contributed by atoms with Gasteiger partial charge in [-0.05, 0) is 25.0 Å². The van der Waals surface area contributed by atoms with E-state index in [1.165, 1.54) is 4.88 Å². The van der Waals surface area contributed by atoms with Crippen molar-refractivity contribution in [1.82, 2.24) is 4.90 Å². The van der Waals surface area contributed by atoms with Crippen molar-refractivity contribution < 1.29 is 4.79 Å². The molecule has 1 aliphatic heterocycles. The molecule has 3 rings (SSSR count). The number of benzene rings is 1. The molecule has 0 bridgehead atoms. The van der Waals surface area contributed by atoms with Gasteiger partial charge >= 0.3 is 0 Å². The van der Waals surface area contributed by atoms with Crippen molar-refractivity contribution in [3.8, 4) is 0 Å². The third-order valence-corrected chi connectivity index (χ3v) is 4.70. The van der Waals surface area contributed by atoms with E-state index in [0.717, 1.165) is 21.7 Å². The van der Waals surface area contributed by atoms with Crippen LogP contribution in [0.4, 0.5) is 5.00 Å². The number of fused-ring (bicyclic) bond motifs is 1. The Bertz CT molecular complexity index is 619. The number of nitrogens with zero attached hydrogens (tertiary/aromatic N) is 1. The van der Waals surface area contributed by atoms with Gasteiger partial charge in [-0.1, -0.05) is 30.3 Å². The summed E-state index contributed by atoms with van der Waals surface area (Å²) in [5, 5.41) is 4.37. The molecular formula is C15H16N2OS. The van der Waals surface area contributed by atoms with Crippen molar-refractivity contribution in [2.24, 2.45) is 0 Å². The average Bonchev–Trinajstić information content (AvgIpc) is 2.71. The standard InChI is InChI=1S/C15H16N2OS/c1-10-11(2)19-14-13(10)15(18)17(9-16-14)8-12-6-4-3-5-7-12/h3-7,16H,8-9H2,1-2H3. The Hall–Kier alpha value is -1.81. The molecule has 0 unspecified atom stereocenters. The van der Waals surface area contributed by atoms with E-state index in [4.69, 9.17) is 0 Å². The minimum atomic E-state index is 0.138. The van der Waals surface area contributed by atoms with Gasteiger partial charge in [0.05, 0.1) is 12.2 Å². The molecule has 1 aromatic heterocycles. The topological polar surface area (TPSA) is 32.3 Å². The Morgan fingerprint density at radius 2 is 2.00 bits per heavy atom. The predicted molar refractivity (Wildman–Crippen MR) is 78.6 cm³/mol. The van der Waals surface area contributed by atoms with Crippen molar-refractivity contribution in [2.45, 2.75) is 20.4 Å². The summed E-state index contributed by atoms with van der Waals surface area (Å²) in [4.78, 5) is 15.6. The largest absolute Gasteiger partial charge is 0.359 e. The highest BCUT2D eigenvalue weighted by Crippen LogP contribution is 2.35. The van der Waals surface area contributed by atoms with E-state index in [1.54, 1.807) is 11.3 Å². The molecule has 1 aromatic carbocycles. The molecular weight excluding hydrogens is 256 g/mol. The number of anilines is 1. The minimum absolute atomic E-state index is 0.138. The number of carbonyl (C=O) groups excluding carboxylic acids is 1. The summed E-state index contributed by atoms with van der Waals surface area (Å²) in [6, 6.07) is 10.1. The van der Waals surface area contributed by atoms with E-state index in [2.05, 4.69) is 24.4 Å². The summed E-state index contributed by atoms with van der Waals surface area (Å²) in [6.45, 7) is 5.33. The zero-order chi connectivity index (χ0) is 13.4. The lowest BCUT2D eigenvalue weighted by Crippen LogP contribution is -2.39. The van der Waals surface area contributed by atoms with Gasteiger partial charge in [0.2, 0.25) is 0 Å². The first-order chi connectivity index (χ1) is 9.16. The molecule has 0 atom stereocenters. The molecule has 98 valence electrons. The lowest BCUT2D eigenvalue weighted by atomic mass is 10.1. The third kappa shape index (κ3) is 2.12. The molecule has 2 aromatic rings. The maximum absolute atomic E-state index is 12.5. The Morgan fingerprint density at radius 1 is 1.26 bits per heavy atom. The summed E-state index contributed by atoms with van der Waals surface area (Å²) < 4.78 is 0. The van der Waals surface area contributed by atoms with Crippen molar-refractivity contribution >= 4 is 22.2 Å². The zero-order valence-corrected chi connectivity index (χ0v) is 11.9. The van der Waals surface area contributed by atoms with Gasteiger partial charge in [-0.3, -0.25) is 4.79 Å². The Kier molecular flexibility index (Phi) is 3.03. The van der Waals surface area contributed by atoms with Gasteiger partial charge in [0.15, 0.2) is 0 Å². The summed E-state index contributed by atoms with van der Waals surface area (Å²) in [7, 11) is 0. The van der Waals surface area contributed by atoms with Crippen LogP contribution in [0.3, 0.4) is 0 Å². The molecule has 4 heteroatoms. The second kappa shape index (κ2) is 4.70. The van der Waals surface area contributed by atoms with Gasteiger partial charge in [0.1, 0.15) is 5.00 Å². The number of aryl methyl sites for hydroxylation is 1. The number of nitrogens with one attached hydrogen (secondary N) is 1. The fourth-order valence-corrected chi connectivity index (χ4v) is 3.38. The molecule has 0 spiro atoms. The van der Waals surface area contributed by atoms with Crippen LogP contribution in [-0.2, 0) is 6.54 Å². The normalized spacial score (nSPS) is 14.2. The van der Waals surface area contributed by atoms with Gasteiger partial charge in [-0.25, -0.2) is 0 Å². The zero-order valence-electron chi connectivity index (χ0n) is 11.1. The van der Waals surface area contributed by atoms with Gasteiger partial charge in [0, 0.05) is 11.4 Å². The van der Waals surface area contributed by atoms with Crippen LogP contribution in [0.15, 0.2) is 30.3 Å². The molecule has 3 nitrogen and oxygen atoms in total. The van der Waals surface area contributed by atoms with Crippen molar-refractivity contribution in [3.63, 3.8) is 0 Å². The fraction of sp³-hybridized carbons (Fsp3) is 0.267. The van der Waals surface area contributed by atoms with E-state index in [1.807, 2.05) is 30.0 Å². The third-order valence-electron chi connectivity index (χ3n) is 3.53. The van der Waals surface area contributed by atoms with Gasteiger partial charge in [-0.2, -0.15) is 0 Å². The minimum Gasteiger partial charge on any atom is -0.359 e. The van der Waals surface area contributed by atoms with E-state index in [-0.39, 0.29) is 5.91 Å². The second-order valence-corrected chi connectivity index (χ2v) is 6.04. The summed E-state index contributed by atoms with van der Waals surface area (Å²) >= 11 is 1.67. The number of hydrogen-bond donors (Lipinski definition) is 1. The average molecular weight is 272 g/mol. The maximum atomic E-state index is 12.5. The number of hydrogen-bond acceptors (Lipinski definition) is 3. The quantitative estimate of drug-likeness (QED) is 0.909. The fourth-order valence-electron chi connectivity index (χ4n) is 2.34. The number of thiophene rings is 1. The van der Waals surface area contributed by atoms with Crippen LogP contribution in [0, 0.1) is 13.8 Å². The van der Waals surface area contributed by atoms with Crippen LogP contribution in [-0.4, -0.2) is 17.5 Å². The van der Waals surface area contributed by atoms with Crippen LogP contribution in [0.1, 0.15) is 26.4 Å². The first kappa shape index (κ1) is 12.2. The van der Waals surface area contributed by atoms with Crippen LogP contribution in [0.5, 0.6) is 0 Å². The second-order valence-electron chi connectivity index (χ2n) is 4.81. The van der Waals surface area contributed by atoms with E-state index >= 15 is 0 Å². The molecule has 1 amide bonds. The van der Waals surface area contributed by atoms with Crippen molar-refractivity contribution in [3.05, 3.63) is 51.9 Å². The highest BCUT2D eigenvalue weighted by atomic mass is 32.1. The highest BCUT2D eigenvalue weighted by molar-refractivity contribution is 7.16. The van der Waals surface area contributed by atoms with E-state index in [9.17, 15) is 4.79 Å². The van der Waals surface area contributed by atoms with Crippen molar-refractivity contribution in [2.75, 3.05) is 12.0 Å². The molecule has 0 fully saturated rings. The van der Waals surface area contributed by atoms with Gasteiger partial charge < -0.3 is 10.2 Å². The van der Waals surface area contributed by atoms with Crippen LogP contribution in [0.25, 0.3) is 0 Å². The maximum Gasteiger partial charge on any atom is 0.258 e. The predicted octanol–water partition coefficient (Wildman–Crippen LogP) is 3.39. The first-order valence-corrected chi connectivity index (χ1v) is 7.15. The van der Waals surface area contributed by atoms with Crippen LogP contribution in [0.2, 0.25) is 0 Å². The Morgan fingerprint density at radius 3 is 2.74 bits per heavy atom. The van der Waals surface area contributed by atoms with E-state index in [0.29, 0.717) is 13.2 Å². The number of rotatable bonds is 2.